The molecule has 2 aromatic carbocycles. The Bertz CT molecular complexity index is 2410. The van der Waals surface area contributed by atoms with Gasteiger partial charge < -0.3 is 19.4 Å². The van der Waals surface area contributed by atoms with E-state index < -0.39 is 17.4 Å². The molecule has 1 saturated heterocycles. The number of Topliss-reactive ketones (excluding diaryl/α,β-unsaturated/α-hetero) is 1. The molecule has 2 aromatic heterocycles. The number of halogens is 1. The molecule has 7 rings (SSSR count). The summed E-state index contributed by atoms with van der Waals surface area (Å²) in [4.78, 5) is 64.6. The maximum Gasteiger partial charge on any atom is 0.273 e. The first kappa shape index (κ1) is 41.2. The number of piperazine rings is 1. The number of aromatic amines is 1. The van der Waals surface area contributed by atoms with E-state index >= 15 is 0 Å². The average molecular weight is 816 g/mol. The summed E-state index contributed by atoms with van der Waals surface area (Å²) in [7, 11) is 0. The number of pyridine rings is 2. The van der Waals surface area contributed by atoms with E-state index in [1.807, 2.05) is 18.2 Å². The molecule has 0 radical (unpaired) electrons. The van der Waals surface area contributed by atoms with Crippen LogP contribution in [0.25, 0.3) is 0 Å². The largest absolute Gasteiger partial charge is 0.494 e. The summed E-state index contributed by atoms with van der Waals surface area (Å²) in [6.45, 7) is 13.5. The fourth-order valence-corrected chi connectivity index (χ4v) is 9.31. The lowest BCUT2D eigenvalue weighted by Gasteiger charge is -2.63. The van der Waals surface area contributed by atoms with Crippen LogP contribution >= 0.6 is 11.6 Å². The second-order valence-electron chi connectivity index (χ2n) is 16.6. The third kappa shape index (κ3) is 8.18. The molecule has 0 unspecified atom stereocenters. The van der Waals surface area contributed by atoms with E-state index in [1.165, 1.54) is 24.3 Å². The third-order valence-corrected chi connectivity index (χ3v) is 12.4. The summed E-state index contributed by atoms with van der Waals surface area (Å²) >= 11 is 6.25. The number of benzene rings is 2. The number of rotatable bonds is 14. The molecule has 0 atom stereocenters. The average Bonchev–Trinajstić information content (AvgIpc) is 3.47. The van der Waals surface area contributed by atoms with Crippen LogP contribution in [0.1, 0.15) is 95.7 Å². The molecule has 304 valence electrons. The number of unbranched alkanes of at least 4 members (excludes halogenated alkanes) is 2. The second kappa shape index (κ2) is 16.7. The van der Waals surface area contributed by atoms with Crippen molar-refractivity contribution in [1.82, 2.24) is 14.9 Å². The summed E-state index contributed by atoms with van der Waals surface area (Å²) in [6.07, 6.45) is 4.75. The Hall–Kier alpha value is -6.02. The maximum atomic E-state index is 13.5. The third-order valence-electron chi connectivity index (χ3n) is 12.1. The van der Waals surface area contributed by atoms with Crippen molar-refractivity contribution < 1.29 is 23.9 Å². The number of carbonyl (C=O) groups excluding carboxylic acids is 3. The van der Waals surface area contributed by atoms with Crippen LogP contribution in [0.5, 0.6) is 11.5 Å². The van der Waals surface area contributed by atoms with Gasteiger partial charge in [0.1, 0.15) is 46.9 Å². The molecule has 1 saturated carbocycles. The lowest BCUT2D eigenvalue weighted by Crippen LogP contribution is -2.66. The predicted molar refractivity (Wildman–Crippen MR) is 222 cm³/mol. The number of nitriles is 2. The highest BCUT2D eigenvalue weighted by molar-refractivity contribution is 6.34. The Morgan fingerprint density at radius 3 is 2.25 bits per heavy atom. The van der Waals surface area contributed by atoms with Crippen molar-refractivity contribution in [3.8, 4) is 23.6 Å². The van der Waals surface area contributed by atoms with Gasteiger partial charge in [0.05, 0.1) is 28.3 Å². The number of aromatic nitrogens is 2. The van der Waals surface area contributed by atoms with Crippen LogP contribution in [0.2, 0.25) is 5.02 Å². The van der Waals surface area contributed by atoms with E-state index in [-0.39, 0.29) is 51.1 Å². The van der Waals surface area contributed by atoms with Crippen LogP contribution in [0.4, 0.5) is 11.5 Å². The lowest BCUT2D eigenvalue weighted by molar-refractivity contribution is -0.196. The Morgan fingerprint density at radius 2 is 1.59 bits per heavy atom. The zero-order chi connectivity index (χ0) is 42.1. The van der Waals surface area contributed by atoms with E-state index in [9.17, 15) is 24.4 Å². The number of fused-ring (bicyclic) bond motifs is 1. The smallest absolute Gasteiger partial charge is 0.273 e. The van der Waals surface area contributed by atoms with Crippen molar-refractivity contribution in [2.45, 2.75) is 59.5 Å². The molecule has 1 aliphatic carbocycles. The minimum absolute atomic E-state index is 0.0332. The number of ketones is 1. The standard InChI is InChI=1S/C45H46ClN7O6/c1-44(2)38(45(3,4)43(44)59-32-11-8-28(25-47)35(46)23-32)24-37(54)29-9-15-39(49-27-29)52-19-17-51(18-20-52)16-6-5-7-21-58-31-12-13-33-34(22-31)42(57)53(41(33)56)36-14-10-30(26-48)50-40(36)55/h8-15,22-23,27,38,43H,5-7,16-21,24H2,1-4H3,(H,50,55). The summed E-state index contributed by atoms with van der Waals surface area (Å²) in [5.41, 5.74) is 0.0428. The van der Waals surface area contributed by atoms with Crippen molar-refractivity contribution in [3.05, 3.63) is 110 Å². The Kier molecular flexibility index (Phi) is 11.6. The van der Waals surface area contributed by atoms with Gasteiger partial charge in [-0.15, -0.1) is 0 Å². The van der Waals surface area contributed by atoms with Gasteiger partial charge in [-0.2, -0.15) is 10.5 Å². The molecule has 4 aromatic rings. The number of ether oxygens (including phenoxy) is 2. The molecule has 2 aliphatic heterocycles. The molecule has 0 bridgehead atoms. The molecule has 13 nitrogen and oxygen atoms in total. The van der Waals surface area contributed by atoms with Gasteiger partial charge in [-0.1, -0.05) is 39.3 Å². The molecular weight excluding hydrogens is 770 g/mol. The van der Waals surface area contributed by atoms with E-state index in [4.69, 9.17) is 31.3 Å². The fourth-order valence-electron chi connectivity index (χ4n) is 9.09. The van der Waals surface area contributed by atoms with Crippen molar-refractivity contribution in [2.24, 2.45) is 16.7 Å². The quantitative estimate of drug-likeness (QED) is 0.0786. The van der Waals surface area contributed by atoms with Gasteiger partial charge in [-0.25, -0.2) is 9.88 Å². The van der Waals surface area contributed by atoms with Gasteiger partial charge in [0, 0.05) is 61.3 Å². The van der Waals surface area contributed by atoms with Crippen molar-refractivity contribution in [2.75, 3.05) is 49.1 Å². The van der Waals surface area contributed by atoms with E-state index in [0.717, 1.165) is 62.7 Å². The van der Waals surface area contributed by atoms with Crippen molar-refractivity contribution in [3.63, 3.8) is 0 Å². The number of amides is 2. The highest BCUT2D eigenvalue weighted by Gasteiger charge is 2.63. The van der Waals surface area contributed by atoms with Gasteiger partial charge >= 0.3 is 0 Å². The van der Waals surface area contributed by atoms with E-state index in [2.05, 4.69) is 48.5 Å². The lowest BCUT2D eigenvalue weighted by atomic mass is 9.44. The first-order chi connectivity index (χ1) is 28.2. The second-order valence-corrected chi connectivity index (χ2v) is 17.0. The number of nitrogens with zero attached hydrogens (tertiary/aromatic N) is 6. The van der Waals surface area contributed by atoms with Gasteiger partial charge in [0.2, 0.25) is 0 Å². The van der Waals surface area contributed by atoms with Crippen LogP contribution in [0.15, 0.2) is 71.7 Å². The minimum atomic E-state index is -0.695. The molecule has 4 heterocycles. The highest BCUT2D eigenvalue weighted by atomic mass is 35.5. The Morgan fingerprint density at radius 1 is 0.864 bits per heavy atom. The molecule has 14 heteroatoms. The number of nitrogens with one attached hydrogen (secondary N) is 1. The summed E-state index contributed by atoms with van der Waals surface area (Å²) < 4.78 is 12.3. The van der Waals surface area contributed by atoms with Gasteiger partial charge in [0.15, 0.2) is 5.78 Å². The van der Waals surface area contributed by atoms with E-state index in [0.29, 0.717) is 40.7 Å². The summed E-state index contributed by atoms with van der Waals surface area (Å²) in [6, 6.07) is 20.2. The number of hydrogen-bond acceptors (Lipinski definition) is 11. The van der Waals surface area contributed by atoms with Crippen LogP contribution in [0.3, 0.4) is 0 Å². The Labute approximate surface area is 348 Å². The number of hydrogen-bond donors (Lipinski definition) is 1. The van der Waals surface area contributed by atoms with Gasteiger partial charge in [-0.3, -0.25) is 24.1 Å². The van der Waals surface area contributed by atoms with Crippen LogP contribution in [0, 0.1) is 39.4 Å². The fraction of sp³-hybridized carbons (Fsp3) is 0.400. The topological polar surface area (TPSA) is 173 Å². The zero-order valence-corrected chi connectivity index (χ0v) is 34.3. The van der Waals surface area contributed by atoms with Crippen LogP contribution in [-0.2, 0) is 0 Å². The Balaban J connectivity index is 0.815. The molecule has 0 spiro atoms. The number of carbonyl (C=O) groups is 3. The molecule has 59 heavy (non-hydrogen) atoms. The highest BCUT2D eigenvalue weighted by Crippen LogP contribution is 2.61. The predicted octanol–water partition coefficient (Wildman–Crippen LogP) is 7.04. The van der Waals surface area contributed by atoms with Gasteiger partial charge in [-0.05, 0) is 86.3 Å². The van der Waals surface area contributed by atoms with E-state index in [1.54, 1.807) is 30.5 Å². The summed E-state index contributed by atoms with van der Waals surface area (Å²) in [5, 5.41) is 18.6. The minimum Gasteiger partial charge on any atom is -0.494 e. The number of anilines is 2. The maximum absolute atomic E-state index is 13.5. The first-order valence-corrected chi connectivity index (χ1v) is 20.2. The molecule has 2 amide bonds. The summed E-state index contributed by atoms with van der Waals surface area (Å²) in [5.74, 6) is 0.896. The van der Waals surface area contributed by atoms with Crippen LogP contribution < -0.4 is 24.8 Å². The zero-order valence-electron chi connectivity index (χ0n) is 33.6. The van der Waals surface area contributed by atoms with Crippen molar-refractivity contribution in [1.29, 1.82) is 10.5 Å². The van der Waals surface area contributed by atoms with Gasteiger partial charge in [0.25, 0.3) is 17.4 Å². The van der Waals surface area contributed by atoms with Crippen LogP contribution in [-0.4, -0.2) is 77.9 Å². The normalized spacial score (nSPS) is 19.4. The number of H-pyrrole nitrogens is 1. The molecule has 3 aliphatic rings. The monoisotopic (exact) mass is 815 g/mol. The molecule has 1 N–H and O–H groups in total. The number of imide groups is 1. The first-order valence-electron chi connectivity index (χ1n) is 19.8. The van der Waals surface area contributed by atoms with Crippen molar-refractivity contribution >= 4 is 40.7 Å². The SMILES string of the molecule is CC1(C)C(CC(=O)c2ccc(N3CCN(CCCCCOc4ccc5c(c4)C(=O)N(c4ccc(C#N)[nH]c4=O)C5=O)CC3)nc2)C(C)(C)C1Oc1ccc(C#N)c(Cl)c1. The molecular formula is C45H46ClN7O6. The molecule has 2 fully saturated rings.